The van der Waals surface area contributed by atoms with Crippen LogP contribution >= 0.6 is 27.3 Å². The topological polar surface area (TPSA) is 49.4 Å². The number of thiophene rings is 1. The Hall–Kier alpha value is 0.0500. The van der Waals surface area contributed by atoms with Crippen molar-refractivity contribution in [2.24, 2.45) is 0 Å². The van der Waals surface area contributed by atoms with Gasteiger partial charge in [-0.05, 0) is 67.3 Å². The molecule has 2 rings (SSSR count). The Kier molecular flexibility index (Phi) is 5.64. The predicted molar refractivity (Wildman–Crippen MR) is 86.8 cm³/mol. The van der Waals surface area contributed by atoms with Gasteiger partial charge in [0.1, 0.15) is 4.21 Å². The highest BCUT2D eigenvalue weighted by atomic mass is 79.9. The highest BCUT2D eigenvalue weighted by Gasteiger charge is 2.22. The van der Waals surface area contributed by atoms with Gasteiger partial charge in [-0.1, -0.05) is 6.42 Å². The number of nitrogens with zero attached hydrogens (tertiary/aromatic N) is 1. The molecule has 0 radical (unpaired) electrons. The summed E-state index contributed by atoms with van der Waals surface area (Å²) in [5.74, 6) is 0. The van der Waals surface area contributed by atoms with Crippen molar-refractivity contribution >= 4 is 37.3 Å². The molecule has 0 bridgehead atoms. The van der Waals surface area contributed by atoms with E-state index in [1.54, 1.807) is 6.07 Å². The van der Waals surface area contributed by atoms with E-state index < -0.39 is 10.0 Å². The van der Waals surface area contributed by atoms with E-state index in [0.29, 0.717) is 4.21 Å². The first-order valence-corrected chi connectivity index (χ1v) is 9.98. The van der Waals surface area contributed by atoms with Crippen molar-refractivity contribution < 1.29 is 8.42 Å². The average Bonchev–Trinajstić information content (AvgIpc) is 2.71. The minimum absolute atomic E-state index is 0.0701. The number of aryl methyl sites for hydroxylation is 1. The van der Waals surface area contributed by atoms with Crippen molar-refractivity contribution in [2.45, 2.75) is 43.4 Å². The van der Waals surface area contributed by atoms with Crippen molar-refractivity contribution in [1.82, 2.24) is 9.62 Å². The summed E-state index contributed by atoms with van der Waals surface area (Å²) >= 11 is 4.63. The summed E-state index contributed by atoms with van der Waals surface area (Å²) in [5.41, 5.74) is 0.957. The lowest BCUT2D eigenvalue weighted by Gasteiger charge is -2.29. The Bertz CT molecular complexity index is 531. The molecule has 1 N–H and O–H groups in total. The van der Waals surface area contributed by atoms with Gasteiger partial charge in [-0.2, -0.15) is 0 Å². The quantitative estimate of drug-likeness (QED) is 0.853. The second kappa shape index (κ2) is 6.87. The van der Waals surface area contributed by atoms with Gasteiger partial charge in [-0.3, -0.25) is 0 Å². The lowest BCUT2D eigenvalue weighted by molar-refractivity contribution is 0.215. The predicted octanol–water partition coefficient (Wildman–Crippen LogP) is 2.97. The number of rotatable bonds is 5. The summed E-state index contributed by atoms with van der Waals surface area (Å²) in [7, 11) is -3.40. The normalized spacial score (nSPS) is 19.1. The van der Waals surface area contributed by atoms with E-state index in [-0.39, 0.29) is 6.04 Å². The number of likely N-dealkylation sites (tertiary alicyclic amines) is 1. The molecule has 0 spiro atoms. The monoisotopic (exact) mass is 380 g/mol. The lowest BCUT2D eigenvalue weighted by atomic mass is 10.1. The molecule has 0 aliphatic carbocycles. The smallest absolute Gasteiger partial charge is 0.250 e. The molecule has 7 heteroatoms. The highest BCUT2D eigenvalue weighted by Crippen LogP contribution is 2.30. The maximum atomic E-state index is 12.3. The van der Waals surface area contributed by atoms with Gasteiger partial charge in [0, 0.05) is 12.6 Å². The Morgan fingerprint density at radius 2 is 2.05 bits per heavy atom. The molecular formula is C13H21BrN2O2S2. The van der Waals surface area contributed by atoms with Gasteiger partial charge < -0.3 is 4.90 Å². The molecule has 1 atom stereocenters. The van der Waals surface area contributed by atoms with Crippen molar-refractivity contribution in [3.8, 4) is 0 Å². The van der Waals surface area contributed by atoms with Crippen LogP contribution < -0.4 is 4.72 Å². The van der Waals surface area contributed by atoms with Crippen LogP contribution in [0.1, 0.15) is 31.7 Å². The van der Waals surface area contributed by atoms with E-state index in [1.807, 2.05) is 13.8 Å². The van der Waals surface area contributed by atoms with Gasteiger partial charge in [-0.15, -0.1) is 11.3 Å². The van der Waals surface area contributed by atoms with Crippen LogP contribution in [0.15, 0.2) is 14.1 Å². The number of hydrogen-bond acceptors (Lipinski definition) is 4. The molecule has 0 amide bonds. The molecule has 114 valence electrons. The highest BCUT2D eigenvalue weighted by molar-refractivity contribution is 9.11. The van der Waals surface area contributed by atoms with Crippen molar-refractivity contribution in [3.63, 3.8) is 0 Å². The molecule has 1 aromatic heterocycles. The fourth-order valence-corrected chi connectivity index (χ4v) is 5.93. The molecule has 4 nitrogen and oxygen atoms in total. The number of hydrogen-bond donors (Lipinski definition) is 1. The van der Waals surface area contributed by atoms with Crippen LogP contribution in [0, 0.1) is 6.92 Å². The van der Waals surface area contributed by atoms with E-state index in [1.165, 1.54) is 30.6 Å². The van der Waals surface area contributed by atoms with E-state index in [2.05, 4.69) is 25.6 Å². The zero-order valence-electron chi connectivity index (χ0n) is 11.9. The second-order valence-electron chi connectivity index (χ2n) is 5.41. The number of sulfonamides is 1. The van der Waals surface area contributed by atoms with Crippen LogP contribution in [-0.2, 0) is 10.0 Å². The summed E-state index contributed by atoms with van der Waals surface area (Å²) in [6, 6.07) is 1.64. The third-order valence-electron chi connectivity index (χ3n) is 3.44. The van der Waals surface area contributed by atoms with Crippen LogP contribution in [0.25, 0.3) is 0 Å². The maximum absolute atomic E-state index is 12.3. The van der Waals surface area contributed by atoms with E-state index in [9.17, 15) is 8.42 Å². The lowest BCUT2D eigenvalue weighted by Crippen LogP contribution is -2.43. The molecule has 20 heavy (non-hydrogen) atoms. The minimum Gasteiger partial charge on any atom is -0.302 e. The molecule has 1 aliphatic heterocycles. The summed E-state index contributed by atoms with van der Waals surface area (Å²) < 4.78 is 28.7. The van der Waals surface area contributed by atoms with Crippen molar-refractivity contribution in [3.05, 3.63) is 15.4 Å². The van der Waals surface area contributed by atoms with Gasteiger partial charge >= 0.3 is 0 Å². The van der Waals surface area contributed by atoms with Gasteiger partial charge in [0.2, 0.25) is 10.0 Å². The van der Waals surface area contributed by atoms with Crippen LogP contribution in [0.4, 0.5) is 0 Å². The van der Waals surface area contributed by atoms with Crippen molar-refractivity contribution in [1.29, 1.82) is 0 Å². The number of halogens is 1. The average molecular weight is 381 g/mol. The second-order valence-corrected chi connectivity index (χ2v) is 9.72. The summed E-state index contributed by atoms with van der Waals surface area (Å²) in [6.07, 6.45) is 3.73. The zero-order chi connectivity index (χ0) is 14.8. The first-order chi connectivity index (χ1) is 9.38. The first-order valence-electron chi connectivity index (χ1n) is 6.89. The van der Waals surface area contributed by atoms with Crippen LogP contribution in [0.3, 0.4) is 0 Å². The van der Waals surface area contributed by atoms with Crippen LogP contribution in [0.2, 0.25) is 0 Å². The van der Waals surface area contributed by atoms with Crippen LogP contribution in [-0.4, -0.2) is 39.0 Å². The third-order valence-corrected chi connectivity index (χ3v) is 7.64. The van der Waals surface area contributed by atoms with Crippen LogP contribution in [0.5, 0.6) is 0 Å². The standard InChI is InChI=1S/C13H21BrN2O2S2/c1-10-8-12(19-13(10)14)20(17,18)15-11(2)9-16-6-4-3-5-7-16/h8,11,15H,3-7,9H2,1-2H3. The summed E-state index contributed by atoms with van der Waals surface area (Å²) in [4.78, 5) is 2.34. The Morgan fingerprint density at radius 1 is 1.40 bits per heavy atom. The molecule has 1 fully saturated rings. The van der Waals surface area contributed by atoms with Gasteiger partial charge in [0.05, 0.1) is 3.79 Å². The number of nitrogens with one attached hydrogen (secondary N) is 1. The largest absolute Gasteiger partial charge is 0.302 e. The summed E-state index contributed by atoms with van der Waals surface area (Å²) in [6.45, 7) is 6.77. The molecular weight excluding hydrogens is 360 g/mol. The van der Waals surface area contributed by atoms with E-state index in [4.69, 9.17) is 0 Å². The van der Waals surface area contributed by atoms with Gasteiger partial charge in [-0.25, -0.2) is 13.1 Å². The maximum Gasteiger partial charge on any atom is 0.250 e. The van der Waals surface area contributed by atoms with Crippen molar-refractivity contribution in [2.75, 3.05) is 19.6 Å². The molecule has 1 unspecified atom stereocenters. The molecule has 0 aromatic carbocycles. The minimum atomic E-state index is -3.40. The van der Waals surface area contributed by atoms with E-state index in [0.717, 1.165) is 29.0 Å². The molecule has 1 aliphatic rings. The summed E-state index contributed by atoms with van der Waals surface area (Å²) in [5, 5.41) is 0. The SMILES string of the molecule is Cc1cc(S(=O)(=O)NC(C)CN2CCCCC2)sc1Br. The molecule has 1 aromatic rings. The van der Waals surface area contributed by atoms with Gasteiger partial charge in [0.15, 0.2) is 0 Å². The number of piperidine rings is 1. The third kappa shape index (κ3) is 4.27. The first kappa shape index (κ1) is 16.4. The Morgan fingerprint density at radius 3 is 2.60 bits per heavy atom. The Balaban J connectivity index is 1.96. The molecule has 2 heterocycles. The van der Waals surface area contributed by atoms with Gasteiger partial charge in [0.25, 0.3) is 0 Å². The zero-order valence-corrected chi connectivity index (χ0v) is 15.1. The Labute approximate surface area is 133 Å². The molecule has 0 saturated carbocycles. The fraction of sp³-hybridized carbons (Fsp3) is 0.692. The van der Waals surface area contributed by atoms with E-state index >= 15 is 0 Å². The fourth-order valence-electron chi connectivity index (χ4n) is 2.45. The molecule has 1 saturated heterocycles.